The summed E-state index contributed by atoms with van der Waals surface area (Å²) in [6, 6.07) is 18.6. The molecule has 2 nitrogen and oxygen atoms in total. The summed E-state index contributed by atoms with van der Waals surface area (Å²) in [5, 5.41) is 0. The Kier molecular flexibility index (Phi) is 4.02. The molecular formula is C20H23NO. The van der Waals surface area contributed by atoms with Crippen molar-refractivity contribution < 1.29 is 4.79 Å². The third-order valence-electron chi connectivity index (χ3n) is 4.60. The molecule has 0 saturated carbocycles. The smallest absolute Gasteiger partial charge is 0.242 e. The molecular weight excluding hydrogens is 270 g/mol. The molecule has 114 valence electrons. The molecule has 0 fully saturated rings. The summed E-state index contributed by atoms with van der Waals surface area (Å²) in [6.45, 7) is 5.06. The van der Waals surface area contributed by atoms with Crippen LogP contribution >= 0.6 is 0 Å². The Morgan fingerprint density at radius 1 is 0.909 bits per heavy atom. The number of fused-ring (bicyclic) bond motifs is 1. The van der Waals surface area contributed by atoms with Crippen LogP contribution < -0.4 is 4.90 Å². The lowest BCUT2D eigenvalue weighted by Crippen LogP contribution is -2.41. The fraction of sp³-hybridized carbons (Fsp3) is 0.350. The highest BCUT2D eigenvalue weighted by molar-refractivity contribution is 6.10. The van der Waals surface area contributed by atoms with Gasteiger partial charge in [0.25, 0.3) is 0 Å². The molecule has 1 aliphatic rings. The lowest BCUT2D eigenvalue weighted by atomic mass is 9.72. The molecule has 0 radical (unpaired) electrons. The van der Waals surface area contributed by atoms with Crippen molar-refractivity contribution in [3.8, 4) is 0 Å². The van der Waals surface area contributed by atoms with Gasteiger partial charge in [0.2, 0.25) is 5.91 Å². The Morgan fingerprint density at radius 2 is 1.59 bits per heavy atom. The van der Waals surface area contributed by atoms with E-state index < -0.39 is 5.41 Å². The van der Waals surface area contributed by atoms with E-state index in [0.29, 0.717) is 0 Å². The van der Waals surface area contributed by atoms with Crippen LogP contribution in [0.25, 0.3) is 0 Å². The second-order valence-electron chi connectivity index (χ2n) is 6.00. The van der Waals surface area contributed by atoms with Crippen LogP contribution in [0.15, 0.2) is 54.6 Å². The van der Waals surface area contributed by atoms with Crippen LogP contribution in [-0.4, -0.2) is 12.5 Å². The molecule has 0 aromatic heterocycles. The first-order valence-corrected chi connectivity index (χ1v) is 8.22. The van der Waals surface area contributed by atoms with Gasteiger partial charge in [0.1, 0.15) is 5.41 Å². The van der Waals surface area contributed by atoms with Gasteiger partial charge < -0.3 is 4.90 Å². The minimum Gasteiger partial charge on any atom is -0.311 e. The quantitative estimate of drug-likeness (QED) is 0.793. The van der Waals surface area contributed by atoms with Gasteiger partial charge in [-0.2, -0.15) is 0 Å². The summed E-state index contributed by atoms with van der Waals surface area (Å²) in [4.78, 5) is 15.4. The maximum Gasteiger partial charge on any atom is 0.242 e. The number of hydrogen-bond acceptors (Lipinski definition) is 1. The third-order valence-corrected chi connectivity index (χ3v) is 4.60. The predicted molar refractivity (Wildman–Crippen MR) is 91.2 cm³/mol. The van der Waals surface area contributed by atoms with E-state index in [-0.39, 0.29) is 5.91 Å². The van der Waals surface area contributed by atoms with Crippen LogP contribution in [0, 0.1) is 0 Å². The normalized spacial score (nSPS) is 20.3. The van der Waals surface area contributed by atoms with Crippen LogP contribution in [0.4, 0.5) is 5.69 Å². The Balaban J connectivity index is 2.24. The van der Waals surface area contributed by atoms with Gasteiger partial charge in [0.05, 0.1) is 0 Å². The minimum absolute atomic E-state index is 0.239. The van der Waals surface area contributed by atoms with Crippen LogP contribution in [0.5, 0.6) is 0 Å². The van der Waals surface area contributed by atoms with E-state index in [1.807, 2.05) is 29.2 Å². The molecule has 0 saturated heterocycles. The van der Waals surface area contributed by atoms with Gasteiger partial charge in [-0.05, 0) is 30.0 Å². The topological polar surface area (TPSA) is 20.3 Å². The van der Waals surface area contributed by atoms with E-state index in [0.717, 1.165) is 37.1 Å². The molecule has 2 aromatic rings. The van der Waals surface area contributed by atoms with Crippen molar-refractivity contribution in [2.45, 2.75) is 38.5 Å². The fourth-order valence-corrected chi connectivity index (χ4v) is 3.73. The fourth-order valence-electron chi connectivity index (χ4n) is 3.73. The second kappa shape index (κ2) is 5.96. The first-order valence-electron chi connectivity index (χ1n) is 8.22. The van der Waals surface area contributed by atoms with Gasteiger partial charge in [-0.15, -0.1) is 0 Å². The molecule has 22 heavy (non-hydrogen) atoms. The first-order chi connectivity index (χ1) is 10.8. The average Bonchev–Trinajstić information content (AvgIpc) is 2.80. The summed E-state index contributed by atoms with van der Waals surface area (Å²) in [7, 11) is 0. The van der Waals surface area contributed by atoms with Crippen LogP contribution in [0.3, 0.4) is 0 Å². The van der Waals surface area contributed by atoms with Crippen molar-refractivity contribution in [3.05, 3.63) is 65.7 Å². The van der Waals surface area contributed by atoms with Gasteiger partial charge in [-0.1, -0.05) is 68.8 Å². The summed E-state index contributed by atoms with van der Waals surface area (Å²) in [5.41, 5.74) is 2.86. The highest BCUT2D eigenvalue weighted by Gasteiger charge is 2.50. The number of nitrogens with zero attached hydrogens (tertiary/aromatic N) is 1. The predicted octanol–water partition coefficient (Wildman–Crippen LogP) is 4.53. The Hall–Kier alpha value is -2.09. The zero-order chi connectivity index (χ0) is 15.6. The van der Waals surface area contributed by atoms with Crippen LogP contribution in [0.1, 0.15) is 44.2 Å². The summed E-state index contributed by atoms with van der Waals surface area (Å²) >= 11 is 0. The SMILES string of the molecule is CCCN1C(=O)C(CCC)(c2ccccc2)c2ccccc21. The highest BCUT2D eigenvalue weighted by atomic mass is 16.2. The molecule has 0 bridgehead atoms. The summed E-state index contributed by atoms with van der Waals surface area (Å²) < 4.78 is 0. The number of rotatable bonds is 5. The first kappa shape index (κ1) is 14.8. The molecule has 2 heteroatoms. The summed E-state index contributed by atoms with van der Waals surface area (Å²) in [5.74, 6) is 0.239. The van der Waals surface area contributed by atoms with Crippen molar-refractivity contribution in [2.24, 2.45) is 0 Å². The average molecular weight is 293 g/mol. The van der Waals surface area contributed by atoms with Gasteiger partial charge >= 0.3 is 0 Å². The molecule has 2 aromatic carbocycles. The van der Waals surface area contributed by atoms with E-state index in [2.05, 4.69) is 44.2 Å². The van der Waals surface area contributed by atoms with E-state index in [1.165, 1.54) is 5.56 Å². The Labute approximate surface area is 132 Å². The maximum atomic E-state index is 13.4. The molecule has 1 heterocycles. The number of para-hydroxylation sites is 1. The number of carbonyl (C=O) groups excluding carboxylic acids is 1. The van der Waals surface area contributed by atoms with Crippen molar-refractivity contribution >= 4 is 11.6 Å². The van der Waals surface area contributed by atoms with E-state index in [4.69, 9.17) is 0 Å². The monoisotopic (exact) mass is 293 g/mol. The Morgan fingerprint density at radius 3 is 2.27 bits per heavy atom. The number of benzene rings is 2. The highest BCUT2D eigenvalue weighted by Crippen LogP contribution is 2.48. The summed E-state index contributed by atoms with van der Waals surface area (Å²) in [6.07, 6.45) is 2.80. The lowest BCUT2D eigenvalue weighted by molar-refractivity contribution is -0.122. The Bertz CT molecular complexity index is 664. The van der Waals surface area contributed by atoms with Crippen molar-refractivity contribution in [2.75, 3.05) is 11.4 Å². The molecule has 1 amide bonds. The molecule has 0 N–H and O–H groups in total. The number of anilines is 1. The van der Waals surface area contributed by atoms with Gasteiger partial charge in [-0.3, -0.25) is 4.79 Å². The van der Waals surface area contributed by atoms with E-state index >= 15 is 0 Å². The number of carbonyl (C=O) groups is 1. The zero-order valence-electron chi connectivity index (χ0n) is 13.4. The molecule has 1 atom stereocenters. The second-order valence-corrected chi connectivity index (χ2v) is 6.00. The van der Waals surface area contributed by atoms with Crippen molar-refractivity contribution in [3.63, 3.8) is 0 Å². The molecule has 1 unspecified atom stereocenters. The third kappa shape index (κ3) is 2.06. The van der Waals surface area contributed by atoms with E-state index in [9.17, 15) is 4.79 Å². The van der Waals surface area contributed by atoms with Crippen LogP contribution in [-0.2, 0) is 10.2 Å². The van der Waals surface area contributed by atoms with Crippen molar-refractivity contribution in [1.29, 1.82) is 0 Å². The maximum absolute atomic E-state index is 13.4. The molecule has 3 rings (SSSR count). The lowest BCUT2D eigenvalue weighted by Gasteiger charge is -2.29. The standard InChI is InChI=1S/C20H23NO/c1-3-14-20(16-10-6-5-7-11-16)17-12-8-9-13-18(17)21(15-4-2)19(20)22/h5-13H,3-4,14-15H2,1-2H3. The number of hydrogen-bond donors (Lipinski definition) is 0. The molecule has 0 aliphatic carbocycles. The van der Waals surface area contributed by atoms with Gasteiger partial charge in [-0.25, -0.2) is 0 Å². The van der Waals surface area contributed by atoms with Crippen molar-refractivity contribution in [1.82, 2.24) is 0 Å². The zero-order valence-corrected chi connectivity index (χ0v) is 13.4. The van der Waals surface area contributed by atoms with Gasteiger partial charge in [0, 0.05) is 12.2 Å². The minimum atomic E-state index is -0.512. The van der Waals surface area contributed by atoms with Gasteiger partial charge in [0.15, 0.2) is 0 Å². The molecule has 1 aliphatic heterocycles. The largest absolute Gasteiger partial charge is 0.311 e. The number of amides is 1. The van der Waals surface area contributed by atoms with E-state index in [1.54, 1.807) is 0 Å². The van der Waals surface area contributed by atoms with Crippen LogP contribution in [0.2, 0.25) is 0 Å². The molecule has 0 spiro atoms.